The Morgan fingerprint density at radius 2 is 1.40 bits per heavy atom. The third-order valence-corrected chi connectivity index (χ3v) is 15.6. The van der Waals surface area contributed by atoms with Crippen LogP contribution in [0.4, 0.5) is 0 Å². The van der Waals surface area contributed by atoms with Crippen molar-refractivity contribution in [1.82, 2.24) is 19.5 Å². The van der Waals surface area contributed by atoms with Crippen LogP contribution in [0.5, 0.6) is 0 Å². The average molecular weight is 1090 g/mol. The second-order valence-corrected chi connectivity index (χ2v) is 24.7. The molecule has 0 aliphatic heterocycles. The van der Waals surface area contributed by atoms with Crippen LogP contribution in [0.3, 0.4) is 0 Å². The number of aromatic nitrogens is 4. The molecular formula is C60H54IrN4SSi-2. The maximum atomic E-state index is 7.81. The maximum Gasteiger partial charge on any atom is 0.114 e. The topological polar surface area (TPSA) is 43.6 Å². The van der Waals surface area contributed by atoms with Crippen molar-refractivity contribution in [2.45, 2.75) is 72.9 Å². The minimum absolute atomic E-state index is 0. The number of rotatable bonds is 7. The summed E-state index contributed by atoms with van der Waals surface area (Å²) in [4.78, 5) is 16.1. The zero-order valence-electron chi connectivity index (χ0n) is 44.6. The van der Waals surface area contributed by atoms with Gasteiger partial charge in [-0.25, -0.2) is 4.98 Å². The molecule has 11 aromatic rings. The van der Waals surface area contributed by atoms with Gasteiger partial charge in [0.2, 0.25) is 0 Å². The van der Waals surface area contributed by atoms with Crippen molar-refractivity contribution in [1.29, 1.82) is 0 Å². The molecule has 0 saturated heterocycles. The molecule has 4 heterocycles. The fourth-order valence-electron chi connectivity index (χ4n) is 9.05. The van der Waals surface area contributed by atoms with Crippen molar-refractivity contribution >= 4 is 77.6 Å². The summed E-state index contributed by atoms with van der Waals surface area (Å²) in [5.74, 6) is 1.51. The zero-order chi connectivity index (χ0) is 50.9. The third-order valence-electron chi connectivity index (χ3n) is 12.4. The number of thiophene rings is 1. The first-order chi connectivity index (χ1) is 34.3. The van der Waals surface area contributed by atoms with Gasteiger partial charge in [-0.05, 0) is 92.2 Å². The van der Waals surface area contributed by atoms with Gasteiger partial charge in [0.05, 0.1) is 30.4 Å². The van der Waals surface area contributed by atoms with E-state index >= 15 is 0 Å². The molecule has 7 aromatic carbocycles. The van der Waals surface area contributed by atoms with Crippen molar-refractivity contribution in [3.05, 3.63) is 186 Å². The SMILES string of the molecule is CC(C)c1cc(-c2ccccc2)cc(C(C)C)c1-n1c(-c2[c-]ccc3c2sc2nc4c(ccc5ccccc54)cc23)nc2ccccc21.[2H]C([2H])([2H])c1c[c-]c(-c2cc(C([2H])([2H])[2H])c([Si](C)(C)C)cn2)cc1.[Ir]. The largest absolute Gasteiger partial charge is 0.333 e. The van der Waals surface area contributed by atoms with E-state index in [0.717, 1.165) is 48.0 Å². The molecule has 0 N–H and O–H groups in total. The van der Waals surface area contributed by atoms with E-state index in [1.54, 1.807) is 29.7 Å². The Morgan fingerprint density at radius 3 is 2.12 bits per heavy atom. The first kappa shape index (κ1) is 39.0. The average Bonchev–Trinajstić information content (AvgIpc) is 3.93. The van der Waals surface area contributed by atoms with Gasteiger partial charge in [0.1, 0.15) is 4.83 Å². The molecule has 335 valence electrons. The van der Waals surface area contributed by atoms with E-state index in [1.165, 1.54) is 61.6 Å². The Balaban J connectivity index is 0.000000223. The van der Waals surface area contributed by atoms with E-state index in [0.29, 0.717) is 28.7 Å². The van der Waals surface area contributed by atoms with E-state index in [-0.39, 0.29) is 25.7 Å². The van der Waals surface area contributed by atoms with Crippen LogP contribution in [0.15, 0.2) is 152 Å². The van der Waals surface area contributed by atoms with Gasteiger partial charge < -0.3 is 9.55 Å². The molecular weight excluding hydrogens is 1030 g/mol. The number of pyridine rings is 2. The Hall–Kier alpha value is -6.08. The Bertz CT molecular complexity index is 3810. The molecule has 0 amide bonds. The number of hydrogen-bond acceptors (Lipinski definition) is 4. The van der Waals surface area contributed by atoms with Crippen LogP contribution in [0.1, 0.15) is 70.0 Å². The fourth-order valence-corrected chi connectivity index (χ4v) is 11.5. The number of para-hydroxylation sites is 2. The summed E-state index contributed by atoms with van der Waals surface area (Å²) in [7, 11) is -1.85. The van der Waals surface area contributed by atoms with E-state index in [4.69, 9.17) is 18.2 Å². The second-order valence-electron chi connectivity index (χ2n) is 18.7. The predicted molar refractivity (Wildman–Crippen MR) is 286 cm³/mol. The Kier molecular flexibility index (Phi) is 10.8. The molecule has 4 aromatic heterocycles. The monoisotopic (exact) mass is 1090 g/mol. The van der Waals surface area contributed by atoms with Crippen molar-refractivity contribution in [3.8, 4) is 39.5 Å². The molecule has 0 bridgehead atoms. The number of fused-ring (bicyclic) bond motifs is 7. The van der Waals surface area contributed by atoms with E-state index in [2.05, 4.69) is 190 Å². The number of hydrogen-bond donors (Lipinski definition) is 0. The number of nitrogens with zero attached hydrogens (tertiary/aromatic N) is 4. The Morgan fingerprint density at radius 1 is 0.672 bits per heavy atom. The summed E-state index contributed by atoms with van der Waals surface area (Å²) in [6.45, 7) is 11.0. The summed E-state index contributed by atoms with van der Waals surface area (Å²) in [5, 5.41) is 6.73. The summed E-state index contributed by atoms with van der Waals surface area (Å²) in [5.41, 5.74) is 12.1. The van der Waals surface area contributed by atoms with E-state index in [9.17, 15) is 0 Å². The minimum atomic E-state index is -2.22. The molecule has 1 radical (unpaired) electrons. The van der Waals surface area contributed by atoms with Crippen LogP contribution in [-0.2, 0) is 20.1 Å². The smallest absolute Gasteiger partial charge is 0.114 e. The van der Waals surface area contributed by atoms with Crippen molar-refractivity contribution in [2.24, 2.45) is 0 Å². The molecule has 0 unspecified atom stereocenters. The van der Waals surface area contributed by atoms with Crippen molar-refractivity contribution in [3.63, 3.8) is 0 Å². The van der Waals surface area contributed by atoms with Gasteiger partial charge in [0.15, 0.2) is 0 Å². The van der Waals surface area contributed by atoms with Crippen LogP contribution < -0.4 is 5.19 Å². The first-order valence-corrected chi connectivity index (χ1v) is 26.9. The third kappa shape index (κ3) is 8.71. The first-order valence-electron chi connectivity index (χ1n) is 25.6. The molecule has 11 rings (SSSR count). The summed E-state index contributed by atoms with van der Waals surface area (Å²) < 4.78 is 49.2. The molecule has 0 spiro atoms. The van der Waals surface area contributed by atoms with Crippen LogP contribution in [0, 0.1) is 25.8 Å². The van der Waals surface area contributed by atoms with Gasteiger partial charge in [-0.3, -0.25) is 4.98 Å². The summed E-state index contributed by atoms with van der Waals surface area (Å²) in [6, 6.07) is 56.2. The fraction of sp³-hybridized carbons (Fsp3) is 0.183. The molecule has 67 heavy (non-hydrogen) atoms. The molecule has 0 aliphatic rings. The van der Waals surface area contributed by atoms with Gasteiger partial charge in [-0.1, -0.05) is 156 Å². The Labute approximate surface area is 421 Å². The molecule has 0 aliphatic carbocycles. The van der Waals surface area contributed by atoms with Crippen LogP contribution >= 0.6 is 11.3 Å². The standard InChI is InChI=1S/C44H34N3S.C16H20NSi.Ir/c1-26(2)35-24-31(28-13-6-5-7-14-28)25-36(27(3)4)41(35)47-39-20-11-10-19-38(39)45-43(47)34-18-12-17-33-37-23-30-22-21-29-15-8-9-16-32(29)40(30)46-44(37)48-42(33)34;1-12-6-8-14(9-7-12)15-10-13(2)16(11-17-15)18(3,4)5;/h5-17,19-27H,1-4H3;6-8,10-11H,1-5H3;/q2*-1;/i;1D3,2D3;. The minimum Gasteiger partial charge on any atom is -0.333 e. The molecule has 0 saturated carbocycles. The summed E-state index contributed by atoms with van der Waals surface area (Å²) in [6.07, 6.45) is 1.65. The molecule has 4 nitrogen and oxygen atoms in total. The number of imidazole rings is 1. The van der Waals surface area contributed by atoms with Crippen LogP contribution in [-0.4, -0.2) is 27.6 Å². The molecule has 0 fully saturated rings. The van der Waals surface area contributed by atoms with E-state index in [1.807, 2.05) is 0 Å². The van der Waals surface area contributed by atoms with Gasteiger partial charge in [-0.15, -0.1) is 53.6 Å². The van der Waals surface area contributed by atoms with Crippen molar-refractivity contribution in [2.75, 3.05) is 0 Å². The van der Waals surface area contributed by atoms with Gasteiger partial charge in [0.25, 0.3) is 0 Å². The van der Waals surface area contributed by atoms with Crippen LogP contribution in [0.2, 0.25) is 19.6 Å². The number of aryl methyl sites for hydroxylation is 2. The zero-order valence-corrected chi connectivity index (χ0v) is 42.8. The van der Waals surface area contributed by atoms with Crippen LogP contribution in [0.25, 0.3) is 92.5 Å². The summed E-state index contributed by atoms with van der Waals surface area (Å²) >= 11 is 1.75. The molecule has 0 atom stereocenters. The van der Waals surface area contributed by atoms with Gasteiger partial charge in [-0.2, -0.15) is 11.3 Å². The normalized spacial score (nSPS) is 13.5. The van der Waals surface area contributed by atoms with Crippen molar-refractivity contribution < 1.29 is 28.3 Å². The number of benzene rings is 7. The van der Waals surface area contributed by atoms with E-state index < -0.39 is 21.8 Å². The molecule has 7 heteroatoms. The quantitative estimate of drug-likeness (QED) is 0.0907. The second kappa shape index (κ2) is 18.5. The van der Waals surface area contributed by atoms with Gasteiger partial charge in [0, 0.05) is 56.4 Å². The maximum absolute atomic E-state index is 7.81. The predicted octanol–water partition coefficient (Wildman–Crippen LogP) is 16.2. The van der Waals surface area contributed by atoms with Gasteiger partial charge >= 0.3 is 0 Å².